The standard InChI is InChI=1S/C21H26BrN3O3/c1-10(2)8-14-15-16(18(27)25(17(15)26)20(3,4)5)21(24-14)12-9-11(22)6-7-13(12)23-19(21)28/h6-7,9-10,14-16,24H,8H2,1-5H3,(H,23,28). The van der Waals surface area contributed by atoms with Crippen molar-refractivity contribution in [2.24, 2.45) is 17.8 Å². The van der Waals surface area contributed by atoms with Crippen molar-refractivity contribution in [2.45, 2.75) is 58.2 Å². The lowest BCUT2D eigenvalue weighted by Crippen LogP contribution is -2.55. The van der Waals surface area contributed by atoms with E-state index in [0.717, 1.165) is 16.5 Å². The van der Waals surface area contributed by atoms with Crippen LogP contribution >= 0.6 is 15.9 Å². The molecule has 3 heterocycles. The van der Waals surface area contributed by atoms with Crippen LogP contribution in [0.2, 0.25) is 0 Å². The molecule has 2 fully saturated rings. The second kappa shape index (κ2) is 6.13. The first-order chi connectivity index (χ1) is 13.0. The molecule has 150 valence electrons. The van der Waals surface area contributed by atoms with Gasteiger partial charge in [-0.15, -0.1) is 0 Å². The summed E-state index contributed by atoms with van der Waals surface area (Å²) in [7, 11) is 0. The highest BCUT2D eigenvalue weighted by Crippen LogP contribution is 2.54. The van der Waals surface area contributed by atoms with Crippen molar-refractivity contribution < 1.29 is 14.4 Å². The summed E-state index contributed by atoms with van der Waals surface area (Å²) in [5.74, 6) is -1.63. The average Bonchev–Trinajstić information content (AvgIpc) is 3.12. The van der Waals surface area contributed by atoms with Gasteiger partial charge < -0.3 is 5.32 Å². The van der Waals surface area contributed by atoms with E-state index in [1.54, 1.807) is 0 Å². The third kappa shape index (κ3) is 2.52. The van der Waals surface area contributed by atoms with E-state index in [1.807, 2.05) is 39.0 Å². The van der Waals surface area contributed by atoms with Crippen LogP contribution < -0.4 is 10.6 Å². The Bertz CT molecular complexity index is 891. The van der Waals surface area contributed by atoms with Crippen LogP contribution in [0.3, 0.4) is 0 Å². The van der Waals surface area contributed by atoms with Gasteiger partial charge in [0.15, 0.2) is 0 Å². The highest BCUT2D eigenvalue weighted by molar-refractivity contribution is 9.10. The van der Waals surface area contributed by atoms with Crippen LogP contribution in [0.1, 0.15) is 46.6 Å². The van der Waals surface area contributed by atoms with Gasteiger partial charge in [-0.05, 0) is 51.3 Å². The molecule has 3 amide bonds. The number of imide groups is 1. The van der Waals surface area contributed by atoms with Crippen molar-refractivity contribution in [3.8, 4) is 0 Å². The molecule has 0 radical (unpaired) electrons. The maximum atomic E-state index is 13.6. The number of carbonyl (C=O) groups excluding carboxylic acids is 3. The van der Waals surface area contributed by atoms with E-state index in [-0.39, 0.29) is 23.8 Å². The molecule has 4 atom stereocenters. The van der Waals surface area contributed by atoms with Gasteiger partial charge in [0.05, 0.1) is 11.8 Å². The monoisotopic (exact) mass is 447 g/mol. The summed E-state index contributed by atoms with van der Waals surface area (Å²) in [6.45, 7) is 9.76. The van der Waals surface area contributed by atoms with Crippen LogP contribution in [-0.2, 0) is 19.9 Å². The molecule has 0 bridgehead atoms. The number of benzene rings is 1. The minimum absolute atomic E-state index is 0.172. The number of hydrogen-bond acceptors (Lipinski definition) is 4. The molecular formula is C21H26BrN3O3. The first-order valence-electron chi connectivity index (χ1n) is 9.75. The number of amides is 3. The van der Waals surface area contributed by atoms with Crippen molar-refractivity contribution in [3.63, 3.8) is 0 Å². The number of nitrogens with one attached hydrogen (secondary N) is 2. The van der Waals surface area contributed by atoms with Gasteiger partial charge in [0.25, 0.3) is 0 Å². The number of anilines is 1. The summed E-state index contributed by atoms with van der Waals surface area (Å²) < 4.78 is 0.831. The van der Waals surface area contributed by atoms with Gasteiger partial charge in [-0.1, -0.05) is 29.8 Å². The Labute approximate surface area is 173 Å². The highest BCUT2D eigenvalue weighted by atomic mass is 79.9. The van der Waals surface area contributed by atoms with Crippen molar-refractivity contribution >= 4 is 39.3 Å². The summed E-state index contributed by atoms with van der Waals surface area (Å²) in [6, 6.07) is 5.34. The van der Waals surface area contributed by atoms with E-state index in [2.05, 4.69) is 40.4 Å². The van der Waals surface area contributed by atoms with Gasteiger partial charge in [-0.2, -0.15) is 0 Å². The van der Waals surface area contributed by atoms with Gasteiger partial charge in [-0.3, -0.25) is 24.6 Å². The summed E-state index contributed by atoms with van der Waals surface area (Å²) >= 11 is 3.48. The fourth-order valence-corrected chi connectivity index (χ4v) is 5.51. The largest absolute Gasteiger partial charge is 0.324 e. The van der Waals surface area contributed by atoms with Gasteiger partial charge in [0.1, 0.15) is 5.54 Å². The topological polar surface area (TPSA) is 78.5 Å². The predicted octanol–water partition coefficient (Wildman–Crippen LogP) is 3.01. The minimum atomic E-state index is -1.21. The Morgan fingerprint density at radius 1 is 1.18 bits per heavy atom. The van der Waals surface area contributed by atoms with E-state index in [1.165, 1.54) is 4.90 Å². The number of hydrogen-bond donors (Lipinski definition) is 2. The molecule has 0 saturated carbocycles. The van der Waals surface area contributed by atoms with Crippen LogP contribution in [0.5, 0.6) is 0 Å². The van der Waals surface area contributed by atoms with Crippen molar-refractivity contribution in [1.29, 1.82) is 0 Å². The summed E-state index contributed by atoms with van der Waals surface area (Å²) in [4.78, 5) is 41.6. The van der Waals surface area contributed by atoms with E-state index in [0.29, 0.717) is 11.6 Å². The van der Waals surface area contributed by atoms with Crippen LogP contribution in [0.25, 0.3) is 0 Å². The van der Waals surface area contributed by atoms with Crippen molar-refractivity contribution in [1.82, 2.24) is 10.2 Å². The highest BCUT2D eigenvalue weighted by Gasteiger charge is 2.71. The SMILES string of the molecule is CC(C)CC1NC2(C(=O)Nc3ccc(Br)cc32)C2C(=O)N(C(C)(C)C)C(=O)C12. The summed E-state index contributed by atoms with van der Waals surface area (Å²) in [5, 5.41) is 6.39. The molecule has 1 aromatic carbocycles. The number of nitrogens with zero attached hydrogens (tertiary/aromatic N) is 1. The zero-order chi connectivity index (χ0) is 20.6. The second-order valence-electron chi connectivity index (χ2n) is 9.52. The number of likely N-dealkylation sites (tertiary alicyclic amines) is 1. The molecule has 4 rings (SSSR count). The molecule has 3 aliphatic heterocycles. The molecule has 1 spiro atoms. The Morgan fingerprint density at radius 2 is 1.86 bits per heavy atom. The van der Waals surface area contributed by atoms with E-state index in [4.69, 9.17) is 0 Å². The lowest BCUT2D eigenvalue weighted by Gasteiger charge is -2.34. The quantitative estimate of drug-likeness (QED) is 0.682. The van der Waals surface area contributed by atoms with E-state index >= 15 is 0 Å². The van der Waals surface area contributed by atoms with Gasteiger partial charge >= 0.3 is 0 Å². The summed E-state index contributed by atoms with van der Waals surface area (Å²) in [6.07, 6.45) is 0.719. The van der Waals surface area contributed by atoms with Gasteiger partial charge in [-0.25, -0.2) is 0 Å². The lowest BCUT2D eigenvalue weighted by molar-refractivity contribution is -0.147. The molecule has 2 N–H and O–H groups in total. The zero-order valence-corrected chi connectivity index (χ0v) is 18.4. The van der Waals surface area contributed by atoms with Gasteiger partial charge in [0, 0.05) is 27.3 Å². The molecule has 6 nitrogen and oxygen atoms in total. The fraction of sp³-hybridized carbons (Fsp3) is 0.571. The fourth-order valence-electron chi connectivity index (χ4n) is 5.15. The smallest absolute Gasteiger partial charge is 0.250 e. The Kier molecular flexibility index (Phi) is 4.29. The molecule has 28 heavy (non-hydrogen) atoms. The van der Waals surface area contributed by atoms with Crippen molar-refractivity contribution in [2.75, 3.05) is 5.32 Å². The molecule has 7 heteroatoms. The van der Waals surface area contributed by atoms with Crippen LogP contribution in [0, 0.1) is 17.8 Å². The molecular weight excluding hydrogens is 422 g/mol. The average molecular weight is 448 g/mol. The molecule has 4 unspecified atom stereocenters. The van der Waals surface area contributed by atoms with E-state index in [9.17, 15) is 14.4 Å². The molecule has 1 aromatic rings. The normalized spacial score (nSPS) is 31.8. The Balaban J connectivity index is 1.91. The first-order valence-corrected chi connectivity index (χ1v) is 10.5. The van der Waals surface area contributed by atoms with Gasteiger partial charge in [0.2, 0.25) is 17.7 Å². The Morgan fingerprint density at radius 3 is 2.46 bits per heavy atom. The van der Waals surface area contributed by atoms with Crippen molar-refractivity contribution in [3.05, 3.63) is 28.2 Å². The first kappa shape index (κ1) is 19.6. The number of fused-ring (bicyclic) bond motifs is 4. The molecule has 2 saturated heterocycles. The number of halogens is 1. The zero-order valence-electron chi connectivity index (χ0n) is 16.8. The molecule has 3 aliphatic rings. The molecule has 0 aromatic heterocycles. The maximum absolute atomic E-state index is 13.6. The third-order valence-corrected chi connectivity index (χ3v) is 6.57. The summed E-state index contributed by atoms with van der Waals surface area (Å²) in [5.41, 5.74) is -0.406. The third-order valence-electron chi connectivity index (χ3n) is 6.07. The lowest BCUT2D eigenvalue weighted by atomic mass is 9.76. The maximum Gasteiger partial charge on any atom is 0.250 e. The Hall–Kier alpha value is -1.73. The number of rotatable bonds is 2. The van der Waals surface area contributed by atoms with Crippen LogP contribution in [-0.4, -0.2) is 34.2 Å². The van der Waals surface area contributed by atoms with E-state index < -0.39 is 22.9 Å². The van der Waals surface area contributed by atoms with Crippen LogP contribution in [0.15, 0.2) is 22.7 Å². The number of carbonyl (C=O) groups is 3. The molecule has 0 aliphatic carbocycles. The minimum Gasteiger partial charge on any atom is -0.324 e. The predicted molar refractivity (Wildman–Crippen MR) is 109 cm³/mol. The van der Waals surface area contributed by atoms with Crippen LogP contribution in [0.4, 0.5) is 5.69 Å². The second-order valence-corrected chi connectivity index (χ2v) is 10.4.